The quantitative estimate of drug-likeness (QED) is 0.294. The summed E-state index contributed by atoms with van der Waals surface area (Å²) in [6, 6.07) is 28.5. The zero-order valence-corrected chi connectivity index (χ0v) is 18.5. The van der Waals surface area contributed by atoms with Crippen molar-refractivity contribution in [1.82, 2.24) is 35.1 Å². The van der Waals surface area contributed by atoms with E-state index in [4.69, 9.17) is 9.97 Å². The molecule has 7 aromatic rings. The van der Waals surface area contributed by atoms with Gasteiger partial charge in [-0.25, -0.2) is 9.97 Å². The van der Waals surface area contributed by atoms with Crippen LogP contribution in [0.2, 0.25) is 0 Å². The number of pyridine rings is 1. The molecule has 7 nitrogen and oxygen atoms in total. The highest BCUT2D eigenvalue weighted by molar-refractivity contribution is 5.88. The molecule has 166 valence electrons. The first kappa shape index (κ1) is 19.4. The van der Waals surface area contributed by atoms with E-state index >= 15 is 0 Å². The van der Waals surface area contributed by atoms with E-state index in [-0.39, 0.29) is 0 Å². The van der Waals surface area contributed by atoms with Gasteiger partial charge >= 0.3 is 0 Å². The maximum absolute atomic E-state index is 4.76. The number of hydrogen-bond donors (Lipinski definition) is 3. The van der Waals surface area contributed by atoms with Gasteiger partial charge in [0.2, 0.25) is 0 Å². The molecule has 7 heteroatoms. The summed E-state index contributed by atoms with van der Waals surface area (Å²) in [7, 11) is 0. The Labute approximate surface area is 199 Å². The Morgan fingerprint density at radius 1 is 0.543 bits per heavy atom. The van der Waals surface area contributed by atoms with E-state index in [0.29, 0.717) is 0 Å². The van der Waals surface area contributed by atoms with Crippen LogP contribution in [0.3, 0.4) is 0 Å². The summed E-state index contributed by atoms with van der Waals surface area (Å²) in [4.78, 5) is 20.4. The van der Waals surface area contributed by atoms with Crippen molar-refractivity contribution in [3.8, 4) is 45.3 Å². The number of benzene rings is 3. The van der Waals surface area contributed by atoms with Crippen LogP contribution in [0.25, 0.3) is 67.4 Å². The lowest BCUT2D eigenvalue weighted by Gasteiger charge is -2.01. The van der Waals surface area contributed by atoms with Gasteiger partial charge in [0.1, 0.15) is 11.5 Å². The number of hydrogen-bond acceptors (Lipinski definition) is 4. The zero-order valence-electron chi connectivity index (χ0n) is 18.5. The normalized spacial score (nSPS) is 11.4. The Morgan fingerprint density at radius 3 is 1.91 bits per heavy atom. The minimum atomic E-state index is 0.762. The minimum Gasteiger partial charge on any atom is -0.338 e. The van der Waals surface area contributed by atoms with Crippen LogP contribution in [0.15, 0.2) is 97.3 Å². The van der Waals surface area contributed by atoms with Crippen molar-refractivity contribution in [3.05, 3.63) is 97.3 Å². The van der Waals surface area contributed by atoms with Gasteiger partial charge in [-0.2, -0.15) is 5.10 Å². The number of fused-ring (bicyclic) bond motifs is 2. The number of imidazole rings is 2. The molecule has 0 fully saturated rings. The SMILES string of the molecule is c1ccc(-c2cc(-c3nc4ccc(-c5ccc6nc(-c7ccncc7)[nH]c6c5)cc4[nH]3)[nH]n2)cc1. The lowest BCUT2D eigenvalue weighted by molar-refractivity contribution is 1.09. The van der Waals surface area contributed by atoms with Crippen LogP contribution >= 0.6 is 0 Å². The second kappa shape index (κ2) is 7.78. The molecule has 0 saturated carbocycles. The number of nitrogens with one attached hydrogen (secondary N) is 3. The predicted molar refractivity (Wildman–Crippen MR) is 137 cm³/mol. The second-order valence-corrected chi connectivity index (χ2v) is 8.40. The van der Waals surface area contributed by atoms with Gasteiger partial charge in [0.25, 0.3) is 0 Å². The molecule has 4 aromatic heterocycles. The van der Waals surface area contributed by atoms with Crippen molar-refractivity contribution in [1.29, 1.82) is 0 Å². The highest BCUT2D eigenvalue weighted by Crippen LogP contribution is 2.29. The summed E-state index contributed by atoms with van der Waals surface area (Å²) in [6.07, 6.45) is 3.54. The molecule has 0 spiro atoms. The van der Waals surface area contributed by atoms with E-state index in [9.17, 15) is 0 Å². The summed E-state index contributed by atoms with van der Waals surface area (Å²) in [5.41, 5.74) is 9.82. The fourth-order valence-corrected chi connectivity index (χ4v) is 4.35. The molecule has 7 rings (SSSR count). The standard InChI is InChI=1S/C28H19N7/c1-2-4-17(5-3-1)23-16-26(35-34-23)28-31-22-9-7-20(15-25(22)33-28)19-6-8-21-24(14-19)32-27(30-21)18-10-12-29-13-11-18/h1-16H,(H,30,32)(H,31,33)(H,34,35). The van der Waals surface area contributed by atoms with Crippen LogP contribution in [0.4, 0.5) is 0 Å². The number of H-pyrrole nitrogens is 3. The smallest absolute Gasteiger partial charge is 0.156 e. The summed E-state index contributed by atoms with van der Waals surface area (Å²) in [6.45, 7) is 0. The Bertz CT molecular complexity index is 1790. The summed E-state index contributed by atoms with van der Waals surface area (Å²) >= 11 is 0. The van der Waals surface area contributed by atoms with E-state index in [1.807, 2.05) is 60.7 Å². The van der Waals surface area contributed by atoms with Crippen LogP contribution in [0, 0.1) is 0 Å². The van der Waals surface area contributed by atoms with E-state index in [2.05, 4.69) is 49.4 Å². The van der Waals surface area contributed by atoms with E-state index in [1.54, 1.807) is 12.4 Å². The van der Waals surface area contributed by atoms with Gasteiger partial charge in [-0.3, -0.25) is 10.1 Å². The fourth-order valence-electron chi connectivity index (χ4n) is 4.35. The van der Waals surface area contributed by atoms with Crippen molar-refractivity contribution in [2.24, 2.45) is 0 Å². The lowest BCUT2D eigenvalue weighted by atomic mass is 10.0. The molecule has 0 aliphatic rings. The molecule has 0 aliphatic heterocycles. The summed E-state index contributed by atoms with van der Waals surface area (Å²) < 4.78 is 0. The molecule has 35 heavy (non-hydrogen) atoms. The highest BCUT2D eigenvalue weighted by atomic mass is 15.1. The monoisotopic (exact) mass is 453 g/mol. The number of rotatable bonds is 4. The highest BCUT2D eigenvalue weighted by Gasteiger charge is 2.12. The summed E-state index contributed by atoms with van der Waals surface area (Å²) in [5, 5.41) is 7.56. The third-order valence-corrected chi connectivity index (χ3v) is 6.15. The van der Waals surface area contributed by atoms with E-state index in [1.165, 1.54) is 0 Å². The largest absolute Gasteiger partial charge is 0.338 e. The van der Waals surface area contributed by atoms with Crippen molar-refractivity contribution in [3.63, 3.8) is 0 Å². The summed E-state index contributed by atoms with van der Waals surface area (Å²) in [5.74, 6) is 1.60. The molecule has 4 heterocycles. The van der Waals surface area contributed by atoms with Gasteiger partial charge in [-0.05, 0) is 53.6 Å². The second-order valence-electron chi connectivity index (χ2n) is 8.40. The fraction of sp³-hybridized carbons (Fsp3) is 0. The molecule has 0 saturated heterocycles. The molecule has 0 aliphatic carbocycles. The van der Waals surface area contributed by atoms with Crippen LogP contribution in [0.1, 0.15) is 0 Å². The molecule has 0 amide bonds. The van der Waals surface area contributed by atoms with Gasteiger partial charge in [-0.1, -0.05) is 42.5 Å². The first-order valence-electron chi connectivity index (χ1n) is 11.3. The Balaban J connectivity index is 1.23. The van der Waals surface area contributed by atoms with Gasteiger partial charge in [0.05, 0.1) is 27.8 Å². The molecule has 3 N–H and O–H groups in total. The van der Waals surface area contributed by atoms with Gasteiger partial charge in [0, 0.05) is 23.5 Å². The van der Waals surface area contributed by atoms with E-state index in [0.717, 1.165) is 67.4 Å². The van der Waals surface area contributed by atoms with Gasteiger partial charge in [0.15, 0.2) is 5.82 Å². The number of nitrogens with zero attached hydrogens (tertiary/aromatic N) is 4. The van der Waals surface area contributed by atoms with Crippen molar-refractivity contribution in [2.45, 2.75) is 0 Å². The van der Waals surface area contributed by atoms with Crippen molar-refractivity contribution in [2.75, 3.05) is 0 Å². The van der Waals surface area contributed by atoms with Gasteiger partial charge in [-0.15, -0.1) is 0 Å². The molecule has 0 unspecified atom stereocenters. The Kier molecular flexibility index (Phi) is 4.32. The van der Waals surface area contributed by atoms with Crippen molar-refractivity contribution >= 4 is 22.1 Å². The average molecular weight is 454 g/mol. The maximum atomic E-state index is 4.76. The first-order valence-corrected chi connectivity index (χ1v) is 11.3. The molecule has 0 radical (unpaired) electrons. The molecular weight excluding hydrogens is 434 g/mol. The van der Waals surface area contributed by atoms with Gasteiger partial charge < -0.3 is 9.97 Å². The number of aromatic nitrogens is 7. The van der Waals surface area contributed by atoms with Crippen LogP contribution in [-0.4, -0.2) is 35.1 Å². The van der Waals surface area contributed by atoms with Crippen LogP contribution < -0.4 is 0 Å². The topological polar surface area (TPSA) is 98.9 Å². The third kappa shape index (κ3) is 3.46. The van der Waals surface area contributed by atoms with Crippen LogP contribution in [0.5, 0.6) is 0 Å². The Morgan fingerprint density at radius 2 is 1.20 bits per heavy atom. The zero-order chi connectivity index (χ0) is 23.2. The first-order chi connectivity index (χ1) is 17.3. The Hall–Kier alpha value is -5.04. The third-order valence-electron chi connectivity index (χ3n) is 6.15. The molecule has 3 aromatic carbocycles. The molecule has 0 bridgehead atoms. The molecular formula is C28H19N7. The van der Waals surface area contributed by atoms with Crippen LogP contribution in [-0.2, 0) is 0 Å². The number of aromatic amines is 3. The predicted octanol–water partition coefficient (Wildman–Crippen LogP) is 6.23. The average Bonchev–Trinajstić information content (AvgIpc) is 3.66. The van der Waals surface area contributed by atoms with E-state index < -0.39 is 0 Å². The maximum Gasteiger partial charge on any atom is 0.156 e. The van der Waals surface area contributed by atoms with Crippen molar-refractivity contribution < 1.29 is 0 Å². The lowest BCUT2D eigenvalue weighted by Crippen LogP contribution is -1.80. The minimum absolute atomic E-state index is 0.762. The molecule has 0 atom stereocenters.